The molecule has 2 aromatic rings. The second-order valence-corrected chi connectivity index (χ2v) is 16.8. The maximum Gasteiger partial charge on any atom is 0.270 e. The fraction of sp³-hybridized carbons (Fsp3) is 0.526. The number of nitrogens with zero attached hydrogens (tertiary/aromatic N) is 2. The molecule has 0 unspecified atom stereocenters. The third-order valence-corrected chi connectivity index (χ3v) is 12.7. The summed E-state index contributed by atoms with van der Waals surface area (Å²) in [6, 6.07) is 10.5. The zero-order valence-corrected chi connectivity index (χ0v) is 30.0. The van der Waals surface area contributed by atoms with E-state index < -0.39 is 68.5 Å². The highest BCUT2D eigenvalue weighted by atomic mass is 32.2. The van der Waals surface area contributed by atoms with Gasteiger partial charge in [0, 0.05) is 30.5 Å². The van der Waals surface area contributed by atoms with Crippen LogP contribution in [0.4, 0.5) is 0 Å². The average Bonchev–Trinajstić information content (AvgIpc) is 4.05. The van der Waals surface area contributed by atoms with Crippen molar-refractivity contribution in [2.24, 2.45) is 5.92 Å². The quantitative estimate of drug-likeness (QED) is 0.348. The zero-order chi connectivity index (χ0) is 36.5. The number of rotatable bonds is 3. The third-order valence-electron chi connectivity index (χ3n) is 10.9. The van der Waals surface area contributed by atoms with Crippen molar-refractivity contribution in [2.75, 3.05) is 6.54 Å². The van der Waals surface area contributed by atoms with Crippen LogP contribution in [0.1, 0.15) is 93.1 Å². The molecule has 5 amide bonds. The van der Waals surface area contributed by atoms with Gasteiger partial charge in [0.05, 0.1) is 10.9 Å². The van der Waals surface area contributed by atoms with Crippen molar-refractivity contribution < 1.29 is 32.4 Å². The van der Waals surface area contributed by atoms with Crippen LogP contribution in [0.2, 0.25) is 0 Å². The normalized spacial score (nSPS) is 28.8. The van der Waals surface area contributed by atoms with E-state index in [-0.39, 0.29) is 37.4 Å². The molecule has 5 aliphatic rings. The van der Waals surface area contributed by atoms with E-state index in [2.05, 4.69) is 25.7 Å². The molecule has 13 nitrogen and oxygen atoms in total. The number of hydrogen-bond donors (Lipinski definition) is 4. The van der Waals surface area contributed by atoms with Gasteiger partial charge in [-0.05, 0) is 88.0 Å². The van der Waals surface area contributed by atoms with Gasteiger partial charge in [0.1, 0.15) is 23.3 Å². The Kier molecular flexibility index (Phi) is 10.2. The van der Waals surface area contributed by atoms with Gasteiger partial charge in [0.2, 0.25) is 27.7 Å². The second kappa shape index (κ2) is 14.8. The fourth-order valence-electron chi connectivity index (χ4n) is 7.65. The first-order valence-corrected chi connectivity index (χ1v) is 20.1. The lowest BCUT2D eigenvalue weighted by molar-refractivity contribution is -0.142. The Balaban J connectivity index is 1.20. The number of pyridine rings is 1. The summed E-state index contributed by atoms with van der Waals surface area (Å²) < 4.78 is 27.8. The lowest BCUT2D eigenvalue weighted by Crippen LogP contribution is -2.58. The van der Waals surface area contributed by atoms with Gasteiger partial charge in [-0.3, -0.25) is 28.7 Å². The number of sulfonamides is 1. The van der Waals surface area contributed by atoms with Crippen molar-refractivity contribution in [1.82, 2.24) is 30.6 Å². The number of nitrogens with one attached hydrogen (secondary N) is 4. The Labute approximate surface area is 303 Å². The molecular weight excluding hydrogens is 685 g/mol. The molecule has 0 spiro atoms. The standard InChI is InChI=1S/C38H46N6O7S/c45-33-17-7-6-10-24-11-8-12-25(20-24)29-15-9-16-30(40-29)34(46)39-27-21-32-35(47)42-38(37(49)43-52(50,51)28-18-19-28)22-26(38)13-4-2-1-3-5-14-31(41-33)36(48)44(32)23-27/h4,8-9,11-13,15-16,20,26-28,31-32H,1-3,5-7,10,14,17-19,21-23H2,(H,39,46)(H,41,45)(H,42,47)(H,43,49)/t26-,27-,31+,32+,38-/m1/s1. The number of aromatic nitrogens is 1. The maximum atomic E-state index is 14.4. The van der Waals surface area contributed by atoms with Crippen molar-refractivity contribution in [3.63, 3.8) is 0 Å². The summed E-state index contributed by atoms with van der Waals surface area (Å²) in [5.74, 6) is -2.98. The summed E-state index contributed by atoms with van der Waals surface area (Å²) in [5, 5.41) is 8.16. The van der Waals surface area contributed by atoms with Crippen LogP contribution in [0, 0.1) is 5.92 Å². The number of amides is 5. The van der Waals surface area contributed by atoms with Crippen molar-refractivity contribution >= 4 is 39.6 Å². The molecule has 0 radical (unpaired) electrons. The van der Waals surface area contributed by atoms with E-state index in [1.54, 1.807) is 12.1 Å². The summed E-state index contributed by atoms with van der Waals surface area (Å²) in [6.07, 6.45) is 10.8. The van der Waals surface area contributed by atoms with Crippen molar-refractivity contribution in [1.29, 1.82) is 0 Å². The highest BCUT2D eigenvalue weighted by molar-refractivity contribution is 7.91. The van der Waals surface area contributed by atoms with E-state index >= 15 is 0 Å². The van der Waals surface area contributed by atoms with Crippen molar-refractivity contribution in [2.45, 2.75) is 112 Å². The van der Waals surface area contributed by atoms with Gasteiger partial charge in [0.25, 0.3) is 11.8 Å². The smallest absolute Gasteiger partial charge is 0.270 e. The summed E-state index contributed by atoms with van der Waals surface area (Å²) in [4.78, 5) is 75.2. The molecule has 4 heterocycles. The zero-order valence-electron chi connectivity index (χ0n) is 29.1. The summed E-state index contributed by atoms with van der Waals surface area (Å²) in [5.41, 5.74) is 1.27. The van der Waals surface area contributed by atoms with Crippen LogP contribution in [0.3, 0.4) is 0 Å². The number of hydrogen-bond acceptors (Lipinski definition) is 8. The van der Waals surface area contributed by atoms with E-state index in [0.29, 0.717) is 44.2 Å². The lowest BCUT2D eigenvalue weighted by Gasteiger charge is -2.30. The largest absolute Gasteiger partial charge is 0.346 e. The fourth-order valence-corrected chi connectivity index (χ4v) is 9.02. The van der Waals surface area contributed by atoms with Crippen LogP contribution in [-0.4, -0.2) is 83.3 Å². The summed E-state index contributed by atoms with van der Waals surface area (Å²) >= 11 is 0. The van der Waals surface area contributed by atoms with Gasteiger partial charge in [-0.2, -0.15) is 0 Å². The third kappa shape index (κ3) is 7.91. The van der Waals surface area contributed by atoms with E-state index in [0.717, 1.165) is 36.8 Å². The van der Waals surface area contributed by atoms with Crippen LogP contribution in [-0.2, 0) is 35.6 Å². The number of benzene rings is 1. The van der Waals surface area contributed by atoms with E-state index in [1.807, 2.05) is 42.5 Å². The molecule has 2 aliphatic carbocycles. The molecule has 2 saturated carbocycles. The van der Waals surface area contributed by atoms with Crippen LogP contribution in [0.15, 0.2) is 54.6 Å². The Hall–Kier alpha value is -4.59. The predicted molar refractivity (Wildman–Crippen MR) is 192 cm³/mol. The minimum Gasteiger partial charge on any atom is -0.346 e. The number of aryl methyl sites for hydroxylation is 1. The van der Waals surface area contributed by atoms with E-state index in [4.69, 9.17) is 0 Å². The molecule has 3 fully saturated rings. The molecule has 3 aliphatic heterocycles. The molecule has 5 atom stereocenters. The molecule has 1 saturated heterocycles. The maximum absolute atomic E-state index is 14.4. The van der Waals surface area contributed by atoms with Crippen LogP contribution >= 0.6 is 0 Å². The first-order valence-electron chi connectivity index (χ1n) is 18.5. The SMILES string of the molecule is O=C1CCCCc2cccc(c2)-c2cccc(n2)C(=O)N[C@@H]2C[C@H]3C(=O)N[C@]4(C(=O)NS(=O)(=O)C5CC5)C[C@H]4C=CCCCCC[C@H](N1)C(=O)N3C2. The van der Waals surface area contributed by atoms with Crippen LogP contribution in [0.25, 0.3) is 11.3 Å². The van der Waals surface area contributed by atoms with E-state index in [1.165, 1.54) is 4.90 Å². The minimum absolute atomic E-state index is 0.00461. The summed E-state index contributed by atoms with van der Waals surface area (Å²) in [6.45, 7) is -0.00461. The molecular formula is C38H46N6O7S. The Morgan fingerprint density at radius 1 is 0.904 bits per heavy atom. The van der Waals surface area contributed by atoms with Gasteiger partial charge in [-0.15, -0.1) is 0 Å². The van der Waals surface area contributed by atoms with Gasteiger partial charge < -0.3 is 20.9 Å². The molecule has 1 aromatic carbocycles. The van der Waals surface area contributed by atoms with Crippen LogP contribution in [0.5, 0.6) is 0 Å². The Morgan fingerprint density at radius 3 is 2.52 bits per heavy atom. The minimum atomic E-state index is -3.88. The highest BCUT2D eigenvalue weighted by Gasteiger charge is 2.62. The molecule has 7 rings (SSSR count). The molecule has 7 bridgehead atoms. The highest BCUT2D eigenvalue weighted by Crippen LogP contribution is 2.46. The predicted octanol–water partition coefficient (Wildman–Crippen LogP) is 2.66. The van der Waals surface area contributed by atoms with Gasteiger partial charge in [-0.1, -0.05) is 49.3 Å². The van der Waals surface area contributed by atoms with Gasteiger partial charge >= 0.3 is 0 Å². The number of fused-ring (bicyclic) bond motifs is 8. The lowest BCUT2D eigenvalue weighted by atomic mass is 10.0. The monoisotopic (exact) mass is 730 g/mol. The molecule has 1 aromatic heterocycles. The van der Waals surface area contributed by atoms with E-state index in [9.17, 15) is 32.4 Å². The first-order chi connectivity index (χ1) is 25.0. The Morgan fingerprint density at radius 2 is 1.69 bits per heavy atom. The summed E-state index contributed by atoms with van der Waals surface area (Å²) in [7, 11) is -3.88. The second-order valence-electron chi connectivity index (χ2n) is 14.9. The molecule has 14 heteroatoms. The first kappa shape index (κ1) is 35.8. The number of carbonyl (C=O) groups is 5. The average molecular weight is 731 g/mol. The van der Waals surface area contributed by atoms with Crippen LogP contribution < -0.4 is 20.7 Å². The van der Waals surface area contributed by atoms with Gasteiger partial charge in [-0.25, -0.2) is 13.4 Å². The number of carbonyl (C=O) groups excluding carboxylic acids is 5. The molecule has 52 heavy (non-hydrogen) atoms. The van der Waals surface area contributed by atoms with Crippen molar-refractivity contribution in [3.8, 4) is 11.3 Å². The molecule has 4 N–H and O–H groups in total. The number of allylic oxidation sites excluding steroid dienone is 1. The Bertz CT molecular complexity index is 1890. The van der Waals surface area contributed by atoms with Crippen molar-refractivity contribution in [3.05, 3.63) is 65.9 Å². The topological polar surface area (TPSA) is 184 Å². The molecule has 276 valence electrons. The van der Waals surface area contributed by atoms with Gasteiger partial charge in [0.15, 0.2) is 0 Å².